The summed E-state index contributed by atoms with van der Waals surface area (Å²) in [5.41, 5.74) is 1.31. The van der Waals surface area contributed by atoms with Crippen LogP contribution in [0.5, 0.6) is 0 Å². The van der Waals surface area contributed by atoms with Crippen molar-refractivity contribution in [1.29, 1.82) is 0 Å². The number of esters is 2. The zero-order valence-corrected chi connectivity index (χ0v) is 22.4. The van der Waals surface area contributed by atoms with Crippen molar-refractivity contribution >= 4 is 51.4 Å². The molecule has 1 unspecified atom stereocenters. The molecule has 0 aliphatic carbocycles. The van der Waals surface area contributed by atoms with E-state index >= 15 is 0 Å². The normalized spacial score (nSPS) is 21.4. The van der Waals surface area contributed by atoms with E-state index in [1.54, 1.807) is 72.2 Å². The minimum absolute atomic E-state index is 0.145. The third kappa shape index (κ3) is 5.68. The van der Waals surface area contributed by atoms with Crippen LogP contribution in [0.2, 0.25) is 5.15 Å². The number of aromatic nitrogens is 4. The number of carbonyl (C=O) groups is 2. The van der Waals surface area contributed by atoms with Crippen LogP contribution in [0.1, 0.15) is 33.9 Å². The fraction of sp³-hybridized carbons (Fsp3) is 0.240. The van der Waals surface area contributed by atoms with Crippen LogP contribution in [0.3, 0.4) is 0 Å². The summed E-state index contributed by atoms with van der Waals surface area (Å²) in [6.07, 6.45) is -2.03. The molecule has 1 aliphatic heterocycles. The molecular formula is C25H22BClN5O6P. The van der Waals surface area contributed by atoms with Crippen molar-refractivity contribution in [2.24, 2.45) is 4.67 Å². The predicted molar refractivity (Wildman–Crippen MR) is 144 cm³/mol. The minimum atomic E-state index is -1.12. The molecule has 3 heterocycles. The molecule has 2 aromatic heterocycles. The van der Waals surface area contributed by atoms with Gasteiger partial charge in [0.05, 0.1) is 0 Å². The van der Waals surface area contributed by atoms with Gasteiger partial charge in [0.15, 0.2) is 0 Å². The number of hydrogen-bond donors (Lipinski definition) is 0. The van der Waals surface area contributed by atoms with Gasteiger partial charge in [-0.1, -0.05) is 0 Å². The number of halogens is 1. The van der Waals surface area contributed by atoms with E-state index in [-0.39, 0.29) is 5.15 Å². The third-order valence-corrected chi connectivity index (χ3v) is 6.52. The first-order valence-corrected chi connectivity index (χ1v) is 12.7. The van der Waals surface area contributed by atoms with Crippen LogP contribution in [-0.2, 0) is 18.9 Å². The van der Waals surface area contributed by atoms with Gasteiger partial charge in [-0.05, 0) is 0 Å². The second kappa shape index (κ2) is 12.0. The van der Waals surface area contributed by atoms with Gasteiger partial charge < -0.3 is 0 Å². The van der Waals surface area contributed by atoms with Gasteiger partial charge in [0.25, 0.3) is 0 Å². The molecule has 14 heteroatoms. The number of carbonyl (C=O) groups excluding carboxylic acids is 2. The molecule has 0 N–H and O–H groups in total. The van der Waals surface area contributed by atoms with Crippen LogP contribution < -0.4 is 0 Å². The summed E-state index contributed by atoms with van der Waals surface area (Å²) >= 11 is 6.22. The third-order valence-electron chi connectivity index (χ3n) is 6.12. The first-order chi connectivity index (χ1) is 19.0. The van der Waals surface area contributed by atoms with Crippen LogP contribution in [0.25, 0.3) is 11.2 Å². The van der Waals surface area contributed by atoms with E-state index in [1.807, 2.05) is 0 Å². The van der Waals surface area contributed by atoms with Crippen LogP contribution in [0, 0.1) is 0 Å². The van der Waals surface area contributed by atoms with E-state index in [0.717, 1.165) is 0 Å². The second-order valence-corrected chi connectivity index (χ2v) is 9.20. The zero-order chi connectivity index (χ0) is 27.4. The monoisotopic (exact) mass is 565 g/mol. The molecule has 4 aromatic rings. The molecular weight excluding hydrogens is 544 g/mol. The van der Waals surface area contributed by atoms with Crippen LogP contribution in [-0.4, -0.2) is 63.1 Å². The molecule has 0 bridgehead atoms. The molecule has 6 atom stereocenters. The molecule has 5 rings (SSSR count). The van der Waals surface area contributed by atoms with Crippen molar-refractivity contribution in [3.63, 3.8) is 0 Å². The molecule has 0 amide bonds. The molecule has 1 fully saturated rings. The Morgan fingerprint density at radius 3 is 2.23 bits per heavy atom. The Balaban J connectivity index is 1.57. The SMILES string of the molecule is C[C@H](OB=NP)[C@H]1O[C@@H](n2cnc3c(Cl)ncnc32)[C@H](OC(=O)c2ccccc2)[C@@H]1OC(=O)c1ccccc1. The van der Waals surface area contributed by atoms with E-state index in [0.29, 0.717) is 22.3 Å². The Kier molecular flexibility index (Phi) is 8.25. The standard InChI is InChI=1S/C25H22BClN5O6P/c1-14(38-26-31-39)18-19(36-24(33)15-8-4-2-5-9-15)20(37-25(34)16-10-6-3-7-11-16)23(35-18)32-13-30-17-21(27)28-12-29-22(17)32/h2-14,18-20,23H,39H2,1H3/t14-,18+,19+,20+,23+/m0/s1. The van der Waals surface area contributed by atoms with Crippen molar-refractivity contribution in [2.75, 3.05) is 0 Å². The van der Waals surface area contributed by atoms with E-state index in [4.69, 9.17) is 30.5 Å². The summed E-state index contributed by atoms with van der Waals surface area (Å²) in [6.45, 7) is 1.73. The second-order valence-electron chi connectivity index (χ2n) is 8.55. The van der Waals surface area contributed by atoms with Gasteiger partial charge in [-0.2, -0.15) is 0 Å². The van der Waals surface area contributed by atoms with E-state index < -0.39 is 42.6 Å². The van der Waals surface area contributed by atoms with Crippen molar-refractivity contribution in [2.45, 2.75) is 37.6 Å². The maximum absolute atomic E-state index is 13.2. The molecule has 0 spiro atoms. The van der Waals surface area contributed by atoms with Crippen molar-refractivity contribution in [3.05, 3.63) is 89.6 Å². The fourth-order valence-electron chi connectivity index (χ4n) is 4.28. The molecule has 11 nitrogen and oxygen atoms in total. The fourth-order valence-corrected chi connectivity index (χ4v) is 4.52. The van der Waals surface area contributed by atoms with Crippen molar-refractivity contribution < 1.29 is 28.5 Å². The summed E-state index contributed by atoms with van der Waals surface area (Å²) in [5.74, 6) is -1.25. The van der Waals surface area contributed by atoms with Crippen molar-refractivity contribution in [1.82, 2.24) is 19.5 Å². The topological polar surface area (TPSA) is 127 Å². The number of benzene rings is 2. The van der Waals surface area contributed by atoms with E-state index in [1.165, 1.54) is 19.9 Å². The quantitative estimate of drug-likeness (QED) is 0.136. The Bertz CT molecular complexity index is 1490. The Morgan fingerprint density at radius 2 is 1.62 bits per heavy atom. The summed E-state index contributed by atoms with van der Waals surface area (Å²) in [7, 11) is 3.40. The Hall–Kier alpha value is -3.73. The van der Waals surface area contributed by atoms with Crippen LogP contribution in [0.4, 0.5) is 0 Å². The van der Waals surface area contributed by atoms with E-state index in [2.05, 4.69) is 29.0 Å². The molecule has 1 saturated heterocycles. The number of rotatable bonds is 8. The van der Waals surface area contributed by atoms with Gasteiger partial charge >= 0.3 is 231 Å². The van der Waals surface area contributed by atoms with Crippen LogP contribution >= 0.6 is 21.0 Å². The number of fused-ring (bicyclic) bond motifs is 1. The predicted octanol–water partition coefficient (Wildman–Crippen LogP) is 3.83. The number of hydrogen-bond acceptors (Lipinski definition) is 10. The van der Waals surface area contributed by atoms with Gasteiger partial charge in [-0.15, -0.1) is 0 Å². The number of nitrogens with zero attached hydrogens (tertiary/aromatic N) is 5. The van der Waals surface area contributed by atoms with Gasteiger partial charge in [-0.25, -0.2) is 0 Å². The molecule has 2 aromatic carbocycles. The summed E-state index contributed by atoms with van der Waals surface area (Å²) in [6, 6.07) is 16.9. The first-order valence-electron chi connectivity index (χ1n) is 11.9. The number of imidazole rings is 1. The first kappa shape index (κ1) is 26.9. The molecule has 39 heavy (non-hydrogen) atoms. The molecule has 0 radical (unpaired) electrons. The van der Waals surface area contributed by atoms with Gasteiger partial charge in [-0.3, -0.25) is 0 Å². The molecule has 0 saturated carbocycles. The Morgan fingerprint density at radius 1 is 1.00 bits per heavy atom. The van der Waals surface area contributed by atoms with E-state index in [9.17, 15) is 9.59 Å². The zero-order valence-electron chi connectivity index (χ0n) is 20.5. The molecule has 1 aliphatic rings. The van der Waals surface area contributed by atoms with Gasteiger partial charge in [0.2, 0.25) is 0 Å². The summed E-state index contributed by atoms with van der Waals surface area (Å²) < 4.78 is 29.3. The maximum atomic E-state index is 13.2. The number of ether oxygens (including phenoxy) is 3. The van der Waals surface area contributed by atoms with Crippen molar-refractivity contribution in [3.8, 4) is 0 Å². The molecule has 198 valence electrons. The van der Waals surface area contributed by atoms with Gasteiger partial charge in [0.1, 0.15) is 0 Å². The summed E-state index contributed by atoms with van der Waals surface area (Å²) in [4.78, 5) is 39.0. The summed E-state index contributed by atoms with van der Waals surface area (Å²) in [5, 5.41) is 0.145. The average Bonchev–Trinajstić information content (AvgIpc) is 3.55. The van der Waals surface area contributed by atoms with Gasteiger partial charge in [0, 0.05) is 0 Å². The average molecular weight is 566 g/mol. The Labute approximate surface area is 231 Å². The van der Waals surface area contributed by atoms with Crippen LogP contribution in [0.15, 0.2) is 78.0 Å².